The van der Waals surface area contributed by atoms with Crippen molar-refractivity contribution in [3.8, 4) is 17.1 Å². The van der Waals surface area contributed by atoms with E-state index in [0.29, 0.717) is 16.4 Å². The molecule has 0 saturated carbocycles. The summed E-state index contributed by atoms with van der Waals surface area (Å²) >= 11 is 5.91. The molecule has 19 heavy (non-hydrogen) atoms. The summed E-state index contributed by atoms with van der Waals surface area (Å²) in [5.41, 5.74) is 2.26. The zero-order valence-corrected chi connectivity index (χ0v) is 10.8. The Morgan fingerprint density at radius 3 is 2.79 bits per heavy atom. The number of rotatable bonds is 2. The standard InChI is InChI=1S/C14H10ClFN2O/c1-19-13-5-2-8(6-10(13)16)14-17-11-4-3-9(15)7-12(11)18-14/h2-7H,1H3,(H,17,18). The minimum Gasteiger partial charge on any atom is -0.494 e. The van der Waals surface area contributed by atoms with Crippen LogP contribution in [0.4, 0.5) is 4.39 Å². The van der Waals surface area contributed by atoms with E-state index in [0.717, 1.165) is 11.0 Å². The number of H-pyrrole nitrogens is 1. The first kappa shape index (κ1) is 12.0. The van der Waals surface area contributed by atoms with Gasteiger partial charge in [-0.05, 0) is 36.4 Å². The van der Waals surface area contributed by atoms with E-state index in [1.165, 1.54) is 13.2 Å². The highest BCUT2D eigenvalue weighted by Crippen LogP contribution is 2.26. The van der Waals surface area contributed by atoms with Crippen LogP contribution in [0.5, 0.6) is 5.75 Å². The van der Waals surface area contributed by atoms with Crippen molar-refractivity contribution >= 4 is 22.6 Å². The molecule has 1 aromatic heterocycles. The topological polar surface area (TPSA) is 37.9 Å². The number of nitrogens with one attached hydrogen (secondary N) is 1. The number of hydrogen-bond donors (Lipinski definition) is 1. The van der Waals surface area contributed by atoms with Crippen LogP contribution in [0, 0.1) is 5.82 Å². The van der Waals surface area contributed by atoms with Gasteiger partial charge in [0.25, 0.3) is 0 Å². The largest absolute Gasteiger partial charge is 0.494 e. The fourth-order valence-corrected chi connectivity index (χ4v) is 2.10. The molecule has 2 aromatic carbocycles. The summed E-state index contributed by atoms with van der Waals surface area (Å²) in [6, 6.07) is 10.1. The Balaban J connectivity index is 2.11. The molecule has 0 aliphatic heterocycles. The molecular weight excluding hydrogens is 267 g/mol. The third kappa shape index (κ3) is 2.15. The average molecular weight is 277 g/mol. The molecule has 0 unspecified atom stereocenters. The summed E-state index contributed by atoms with van der Waals surface area (Å²) in [6.45, 7) is 0. The first-order valence-electron chi connectivity index (χ1n) is 5.66. The maximum absolute atomic E-state index is 13.7. The second kappa shape index (κ2) is 4.55. The monoisotopic (exact) mass is 276 g/mol. The molecule has 3 aromatic rings. The van der Waals surface area contributed by atoms with Crippen LogP contribution in [-0.2, 0) is 0 Å². The van der Waals surface area contributed by atoms with Gasteiger partial charge in [-0.15, -0.1) is 0 Å². The molecule has 3 rings (SSSR count). The van der Waals surface area contributed by atoms with E-state index in [2.05, 4.69) is 9.97 Å². The summed E-state index contributed by atoms with van der Waals surface area (Å²) in [4.78, 5) is 7.51. The molecular formula is C14H10ClFN2O. The van der Waals surface area contributed by atoms with Gasteiger partial charge in [0.05, 0.1) is 18.1 Å². The Kier molecular flexibility index (Phi) is 2.87. The highest BCUT2D eigenvalue weighted by molar-refractivity contribution is 6.31. The molecule has 0 fully saturated rings. The van der Waals surface area contributed by atoms with Gasteiger partial charge in [0.15, 0.2) is 11.6 Å². The van der Waals surface area contributed by atoms with E-state index in [1.807, 2.05) is 6.07 Å². The molecule has 0 radical (unpaired) electrons. The molecule has 0 spiro atoms. The minimum absolute atomic E-state index is 0.211. The van der Waals surface area contributed by atoms with Crippen LogP contribution in [0.1, 0.15) is 0 Å². The number of nitrogens with zero attached hydrogens (tertiary/aromatic N) is 1. The number of aromatic nitrogens is 2. The fraction of sp³-hybridized carbons (Fsp3) is 0.0714. The van der Waals surface area contributed by atoms with Crippen molar-refractivity contribution in [2.45, 2.75) is 0 Å². The second-order valence-corrected chi connectivity index (χ2v) is 4.53. The molecule has 3 nitrogen and oxygen atoms in total. The summed E-state index contributed by atoms with van der Waals surface area (Å²) < 4.78 is 18.6. The highest BCUT2D eigenvalue weighted by atomic mass is 35.5. The summed E-state index contributed by atoms with van der Waals surface area (Å²) in [5, 5.41) is 0.628. The van der Waals surface area contributed by atoms with Crippen molar-refractivity contribution in [1.29, 1.82) is 0 Å². The van der Waals surface area contributed by atoms with Crippen LogP contribution in [0.15, 0.2) is 36.4 Å². The molecule has 0 saturated heterocycles. The van der Waals surface area contributed by atoms with Crippen LogP contribution in [0.25, 0.3) is 22.4 Å². The number of fused-ring (bicyclic) bond motifs is 1. The lowest BCUT2D eigenvalue weighted by atomic mass is 10.2. The minimum atomic E-state index is -0.418. The lowest BCUT2D eigenvalue weighted by Gasteiger charge is -2.02. The van der Waals surface area contributed by atoms with Gasteiger partial charge in [-0.3, -0.25) is 0 Å². The van der Waals surface area contributed by atoms with Crippen LogP contribution in [-0.4, -0.2) is 17.1 Å². The molecule has 0 atom stereocenters. The Labute approximate surface area is 114 Å². The van der Waals surface area contributed by atoms with Crippen molar-refractivity contribution in [3.05, 3.63) is 47.2 Å². The van der Waals surface area contributed by atoms with E-state index in [-0.39, 0.29) is 5.75 Å². The smallest absolute Gasteiger partial charge is 0.165 e. The number of aromatic amines is 1. The number of imidazole rings is 1. The van der Waals surface area contributed by atoms with Gasteiger partial charge in [0.1, 0.15) is 5.82 Å². The van der Waals surface area contributed by atoms with Gasteiger partial charge in [0.2, 0.25) is 0 Å². The van der Waals surface area contributed by atoms with Crippen molar-refractivity contribution in [2.24, 2.45) is 0 Å². The molecule has 5 heteroatoms. The summed E-state index contributed by atoms with van der Waals surface area (Å²) in [6.07, 6.45) is 0. The van der Waals surface area contributed by atoms with Gasteiger partial charge in [-0.2, -0.15) is 0 Å². The molecule has 96 valence electrons. The number of halogens is 2. The van der Waals surface area contributed by atoms with Gasteiger partial charge in [0, 0.05) is 10.6 Å². The Bertz CT molecular complexity index is 754. The van der Waals surface area contributed by atoms with Crippen molar-refractivity contribution in [3.63, 3.8) is 0 Å². The molecule has 0 bridgehead atoms. The van der Waals surface area contributed by atoms with Crippen molar-refractivity contribution < 1.29 is 9.13 Å². The van der Waals surface area contributed by atoms with E-state index in [9.17, 15) is 4.39 Å². The van der Waals surface area contributed by atoms with Crippen molar-refractivity contribution in [2.75, 3.05) is 7.11 Å². The third-order valence-electron chi connectivity index (χ3n) is 2.87. The summed E-state index contributed by atoms with van der Waals surface area (Å²) in [7, 11) is 1.43. The average Bonchev–Trinajstić information content (AvgIpc) is 2.81. The van der Waals surface area contributed by atoms with Gasteiger partial charge in [-0.1, -0.05) is 11.6 Å². The van der Waals surface area contributed by atoms with Crippen LogP contribution in [0.3, 0.4) is 0 Å². The zero-order valence-electron chi connectivity index (χ0n) is 10.1. The van der Waals surface area contributed by atoms with Crippen LogP contribution in [0.2, 0.25) is 5.02 Å². The molecule has 0 aliphatic carbocycles. The maximum Gasteiger partial charge on any atom is 0.165 e. The number of ether oxygens (including phenoxy) is 1. The maximum atomic E-state index is 13.7. The lowest BCUT2D eigenvalue weighted by Crippen LogP contribution is -1.89. The number of hydrogen-bond acceptors (Lipinski definition) is 2. The van der Waals surface area contributed by atoms with E-state index >= 15 is 0 Å². The predicted molar refractivity (Wildman–Crippen MR) is 73.0 cm³/mol. The highest BCUT2D eigenvalue weighted by Gasteiger charge is 2.09. The third-order valence-corrected chi connectivity index (χ3v) is 3.10. The lowest BCUT2D eigenvalue weighted by molar-refractivity contribution is 0.386. The van der Waals surface area contributed by atoms with Gasteiger partial charge in [-0.25, -0.2) is 9.37 Å². The normalized spacial score (nSPS) is 10.9. The van der Waals surface area contributed by atoms with Gasteiger partial charge < -0.3 is 9.72 Å². The Morgan fingerprint density at radius 2 is 2.05 bits per heavy atom. The van der Waals surface area contributed by atoms with E-state index in [1.54, 1.807) is 24.3 Å². The predicted octanol–water partition coefficient (Wildman–Crippen LogP) is 4.03. The Hall–Kier alpha value is -2.07. The quantitative estimate of drug-likeness (QED) is 0.767. The van der Waals surface area contributed by atoms with Crippen LogP contribution < -0.4 is 4.74 Å². The van der Waals surface area contributed by atoms with E-state index < -0.39 is 5.82 Å². The molecule has 0 aliphatic rings. The van der Waals surface area contributed by atoms with Crippen molar-refractivity contribution in [1.82, 2.24) is 9.97 Å². The molecule has 1 N–H and O–H groups in total. The van der Waals surface area contributed by atoms with Gasteiger partial charge >= 0.3 is 0 Å². The Morgan fingerprint density at radius 1 is 1.21 bits per heavy atom. The zero-order chi connectivity index (χ0) is 13.4. The van der Waals surface area contributed by atoms with Crippen LogP contribution >= 0.6 is 11.6 Å². The second-order valence-electron chi connectivity index (χ2n) is 4.10. The first-order valence-corrected chi connectivity index (χ1v) is 6.04. The molecule has 0 amide bonds. The SMILES string of the molecule is COc1ccc(-c2nc3ccc(Cl)cc3[nH]2)cc1F. The first-order chi connectivity index (χ1) is 9.17. The number of benzene rings is 2. The number of methoxy groups -OCH3 is 1. The summed E-state index contributed by atoms with van der Waals surface area (Å²) in [5.74, 6) is 0.389. The van der Waals surface area contributed by atoms with E-state index in [4.69, 9.17) is 16.3 Å². The fourth-order valence-electron chi connectivity index (χ4n) is 1.93. The molecule has 1 heterocycles.